The minimum atomic E-state index is -3.94. The standard InChI is InChI=1S/C11H16F2N2O2S.ClH/c1-8-6-11(10(13)7-9(8)12)18(16,17)15-5-3-2-4-14;/h6-7,15H,2-5,14H2,1H3;1H. The van der Waals surface area contributed by atoms with Gasteiger partial charge in [0.25, 0.3) is 0 Å². The lowest BCUT2D eigenvalue weighted by atomic mass is 10.2. The van der Waals surface area contributed by atoms with Gasteiger partial charge in [0.15, 0.2) is 0 Å². The zero-order valence-electron chi connectivity index (χ0n) is 10.4. The van der Waals surface area contributed by atoms with Crippen molar-refractivity contribution in [1.29, 1.82) is 0 Å². The topological polar surface area (TPSA) is 72.2 Å². The van der Waals surface area contributed by atoms with Crippen LogP contribution >= 0.6 is 12.4 Å². The van der Waals surface area contributed by atoms with Crippen molar-refractivity contribution in [2.24, 2.45) is 5.73 Å². The summed E-state index contributed by atoms with van der Waals surface area (Å²) in [5, 5.41) is 0. The number of rotatable bonds is 6. The molecule has 0 radical (unpaired) electrons. The Morgan fingerprint density at radius 2 is 1.84 bits per heavy atom. The predicted octanol–water partition coefficient (Wildman–Crippen LogP) is 1.71. The van der Waals surface area contributed by atoms with Gasteiger partial charge < -0.3 is 5.73 Å². The molecule has 0 aromatic heterocycles. The maximum absolute atomic E-state index is 13.4. The van der Waals surface area contributed by atoms with E-state index in [1.54, 1.807) is 0 Å². The fourth-order valence-electron chi connectivity index (χ4n) is 1.39. The van der Waals surface area contributed by atoms with Crippen LogP contribution in [0.3, 0.4) is 0 Å². The van der Waals surface area contributed by atoms with E-state index in [1.165, 1.54) is 6.92 Å². The average Bonchev–Trinajstić information content (AvgIpc) is 2.29. The van der Waals surface area contributed by atoms with Crippen molar-refractivity contribution in [2.75, 3.05) is 13.1 Å². The van der Waals surface area contributed by atoms with E-state index in [-0.39, 0.29) is 24.5 Å². The van der Waals surface area contributed by atoms with Crippen LogP contribution in [0.25, 0.3) is 0 Å². The van der Waals surface area contributed by atoms with Crippen molar-refractivity contribution in [3.8, 4) is 0 Å². The highest BCUT2D eigenvalue weighted by molar-refractivity contribution is 7.89. The van der Waals surface area contributed by atoms with Gasteiger partial charge in [0, 0.05) is 12.6 Å². The van der Waals surface area contributed by atoms with Crippen molar-refractivity contribution in [3.05, 3.63) is 29.3 Å². The van der Waals surface area contributed by atoms with E-state index in [1.807, 2.05) is 0 Å². The SMILES string of the molecule is Cc1cc(S(=O)(=O)NCCCCN)c(F)cc1F.Cl. The van der Waals surface area contributed by atoms with Crippen molar-refractivity contribution < 1.29 is 17.2 Å². The number of benzene rings is 1. The van der Waals surface area contributed by atoms with Crippen LogP contribution < -0.4 is 10.5 Å². The Hall–Kier alpha value is -0.760. The second-order valence-electron chi connectivity index (χ2n) is 3.93. The maximum atomic E-state index is 13.4. The van der Waals surface area contributed by atoms with Crippen molar-refractivity contribution in [3.63, 3.8) is 0 Å². The van der Waals surface area contributed by atoms with Gasteiger partial charge in [-0.1, -0.05) is 0 Å². The van der Waals surface area contributed by atoms with E-state index in [2.05, 4.69) is 4.72 Å². The summed E-state index contributed by atoms with van der Waals surface area (Å²) in [4.78, 5) is -0.533. The first kappa shape index (κ1) is 18.2. The molecule has 1 aromatic carbocycles. The van der Waals surface area contributed by atoms with Gasteiger partial charge >= 0.3 is 0 Å². The Morgan fingerprint density at radius 1 is 1.21 bits per heavy atom. The molecule has 0 saturated carbocycles. The van der Waals surface area contributed by atoms with Crippen LogP contribution in [-0.2, 0) is 10.0 Å². The molecule has 0 aliphatic carbocycles. The molecular formula is C11H17ClF2N2O2S. The number of sulfonamides is 1. The third-order valence-corrected chi connectivity index (χ3v) is 3.90. The molecule has 0 aliphatic heterocycles. The molecular weight excluding hydrogens is 298 g/mol. The van der Waals surface area contributed by atoms with Gasteiger partial charge in [-0.25, -0.2) is 21.9 Å². The number of nitrogens with two attached hydrogens (primary N) is 1. The second kappa shape index (κ2) is 7.74. The molecule has 0 atom stereocenters. The first-order valence-electron chi connectivity index (χ1n) is 5.54. The molecule has 0 saturated heterocycles. The molecule has 0 bridgehead atoms. The molecule has 0 amide bonds. The Bertz CT molecular complexity index is 524. The van der Waals surface area contributed by atoms with E-state index in [0.717, 1.165) is 6.07 Å². The number of halogens is 3. The summed E-state index contributed by atoms with van der Waals surface area (Å²) in [6.45, 7) is 2.02. The molecule has 110 valence electrons. The molecule has 1 aromatic rings. The fourth-order valence-corrected chi connectivity index (χ4v) is 2.61. The van der Waals surface area contributed by atoms with Crippen LogP contribution in [0.2, 0.25) is 0 Å². The lowest BCUT2D eigenvalue weighted by Crippen LogP contribution is -2.26. The highest BCUT2D eigenvalue weighted by Crippen LogP contribution is 2.18. The van der Waals surface area contributed by atoms with Gasteiger partial charge in [0.2, 0.25) is 10.0 Å². The molecule has 0 aliphatic rings. The van der Waals surface area contributed by atoms with Gasteiger partial charge in [0.1, 0.15) is 16.5 Å². The van der Waals surface area contributed by atoms with E-state index >= 15 is 0 Å². The average molecular weight is 315 g/mol. The van der Waals surface area contributed by atoms with Crippen LogP contribution in [0, 0.1) is 18.6 Å². The quantitative estimate of drug-likeness (QED) is 0.785. The summed E-state index contributed by atoms with van der Waals surface area (Å²) in [6, 6.07) is 1.56. The third-order valence-electron chi connectivity index (χ3n) is 2.43. The summed E-state index contributed by atoms with van der Waals surface area (Å²) in [5.74, 6) is -1.86. The molecule has 0 fully saturated rings. The molecule has 4 nitrogen and oxygen atoms in total. The smallest absolute Gasteiger partial charge is 0.243 e. The van der Waals surface area contributed by atoms with Crippen LogP contribution in [0.15, 0.2) is 17.0 Å². The number of aryl methyl sites for hydroxylation is 1. The van der Waals surface area contributed by atoms with Crippen LogP contribution in [-0.4, -0.2) is 21.5 Å². The van der Waals surface area contributed by atoms with E-state index < -0.39 is 26.6 Å². The normalized spacial score (nSPS) is 11.2. The summed E-state index contributed by atoms with van der Waals surface area (Å²) < 4.78 is 52.3. The highest BCUT2D eigenvalue weighted by atomic mass is 35.5. The Balaban J connectivity index is 0.00000324. The summed E-state index contributed by atoms with van der Waals surface area (Å²) in [5.41, 5.74) is 5.35. The lowest BCUT2D eigenvalue weighted by Gasteiger charge is -2.08. The zero-order chi connectivity index (χ0) is 13.8. The van der Waals surface area contributed by atoms with Crippen LogP contribution in [0.5, 0.6) is 0 Å². The molecule has 8 heteroatoms. The molecule has 3 N–H and O–H groups in total. The Labute approximate surface area is 117 Å². The summed E-state index contributed by atoms with van der Waals surface area (Å²) in [6.07, 6.45) is 1.24. The monoisotopic (exact) mass is 314 g/mol. The number of hydrogen-bond donors (Lipinski definition) is 2. The van der Waals surface area contributed by atoms with Crippen LogP contribution in [0.1, 0.15) is 18.4 Å². The highest BCUT2D eigenvalue weighted by Gasteiger charge is 2.20. The number of nitrogens with one attached hydrogen (secondary N) is 1. The first-order chi connectivity index (χ1) is 8.38. The zero-order valence-corrected chi connectivity index (χ0v) is 12.1. The summed E-state index contributed by atoms with van der Waals surface area (Å²) >= 11 is 0. The second-order valence-corrected chi connectivity index (χ2v) is 5.66. The summed E-state index contributed by atoms with van der Waals surface area (Å²) in [7, 11) is -3.94. The van der Waals surface area contributed by atoms with Crippen molar-refractivity contribution in [2.45, 2.75) is 24.7 Å². The molecule has 0 spiro atoms. The van der Waals surface area contributed by atoms with Gasteiger partial charge in [0.05, 0.1) is 0 Å². The Kier molecular flexibility index (Phi) is 7.43. The van der Waals surface area contributed by atoms with E-state index in [0.29, 0.717) is 25.5 Å². The number of hydrogen-bond acceptors (Lipinski definition) is 3. The van der Waals surface area contributed by atoms with Crippen molar-refractivity contribution in [1.82, 2.24) is 4.72 Å². The third kappa shape index (κ3) is 5.02. The molecule has 1 rings (SSSR count). The lowest BCUT2D eigenvalue weighted by molar-refractivity contribution is 0.538. The molecule has 0 unspecified atom stereocenters. The Morgan fingerprint density at radius 3 is 2.42 bits per heavy atom. The first-order valence-corrected chi connectivity index (χ1v) is 7.02. The minimum Gasteiger partial charge on any atom is -0.330 e. The van der Waals surface area contributed by atoms with Crippen molar-refractivity contribution >= 4 is 22.4 Å². The fraction of sp³-hybridized carbons (Fsp3) is 0.455. The largest absolute Gasteiger partial charge is 0.330 e. The van der Waals surface area contributed by atoms with E-state index in [9.17, 15) is 17.2 Å². The van der Waals surface area contributed by atoms with Gasteiger partial charge in [-0.15, -0.1) is 12.4 Å². The molecule has 19 heavy (non-hydrogen) atoms. The molecule has 0 heterocycles. The van der Waals surface area contributed by atoms with Crippen LogP contribution in [0.4, 0.5) is 8.78 Å². The maximum Gasteiger partial charge on any atom is 0.243 e. The van der Waals surface area contributed by atoms with Gasteiger partial charge in [-0.05, 0) is 37.9 Å². The number of unbranched alkanes of at least 4 members (excludes halogenated alkanes) is 1. The van der Waals surface area contributed by atoms with E-state index in [4.69, 9.17) is 5.73 Å². The van der Waals surface area contributed by atoms with Gasteiger partial charge in [-0.2, -0.15) is 0 Å². The minimum absolute atomic E-state index is 0. The predicted molar refractivity (Wildman–Crippen MR) is 71.8 cm³/mol. The van der Waals surface area contributed by atoms with Gasteiger partial charge in [-0.3, -0.25) is 0 Å².